The fourth-order valence-electron chi connectivity index (χ4n) is 6.04. The SMILES string of the molecule is C1CCOC1.CC[C@](O)(c1cccc(OCc2ccccc2)c1)[C@@H](C)CN(C)C.C[C@@H](CN(C)C)C(=O)c1cccc(OCc2ccccc2)c1.[Br-].[CH2-]C.[Mg+2]. The summed E-state index contributed by atoms with van der Waals surface area (Å²) in [5, 5.41) is 11.2. The molecule has 0 saturated carbocycles. The van der Waals surface area contributed by atoms with E-state index in [1.165, 1.54) is 12.8 Å². The molecule has 5 rings (SSSR count). The Morgan fingerprint density at radius 3 is 1.65 bits per heavy atom. The van der Waals surface area contributed by atoms with E-state index in [9.17, 15) is 9.90 Å². The van der Waals surface area contributed by atoms with Crippen LogP contribution >= 0.6 is 0 Å². The molecule has 0 amide bonds. The van der Waals surface area contributed by atoms with Gasteiger partial charge in [-0.05, 0) is 88.4 Å². The van der Waals surface area contributed by atoms with E-state index in [1.807, 2.05) is 156 Å². The van der Waals surface area contributed by atoms with Crippen molar-refractivity contribution in [2.45, 2.75) is 65.8 Å². The molecule has 1 heterocycles. The molecule has 1 fully saturated rings. The fourth-order valence-corrected chi connectivity index (χ4v) is 6.04. The largest absolute Gasteiger partial charge is 2.00 e. The van der Waals surface area contributed by atoms with Gasteiger partial charge in [-0.1, -0.05) is 106 Å². The van der Waals surface area contributed by atoms with Crippen molar-refractivity contribution in [3.05, 3.63) is 138 Å². The Labute approximate surface area is 359 Å². The summed E-state index contributed by atoms with van der Waals surface area (Å²) in [4.78, 5) is 16.6. The molecule has 9 heteroatoms. The molecule has 4 aromatic rings. The van der Waals surface area contributed by atoms with Gasteiger partial charge < -0.3 is 53.0 Å². The van der Waals surface area contributed by atoms with Crippen molar-refractivity contribution in [3.63, 3.8) is 0 Å². The molecule has 1 N–H and O–H groups in total. The van der Waals surface area contributed by atoms with E-state index in [-0.39, 0.29) is 57.7 Å². The summed E-state index contributed by atoms with van der Waals surface area (Å²) in [6, 6.07) is 35.4. The Morgan fingerprint density at radius 1 is 0.745 bits per heavy atom. The molecule has 1 aliphatic rings. The topological polar surface area (TPSA) is 71.5 Å². The molecular weight excluding hydrogens is 765 g/mol. The first-order chi connectivity index (χ1) is 25.5. The number of hydrogen-bond donors (Lipinski definition) is 1. The number of ether oxygens (including phenoxy) is 3. The van der Waals surface area contributed by atoms with Gasteiger partial charge in [-0.3, -0.25) is 4.79 Å². The van der Waals surface area contributed by atoms with Gasteiger partial charge in [0.2, 0.25) is 0 Å². The van der Waals surface area contributed by atoms with Crippen LogP contribution in [0.4, 0.5) is 0 Å². The summed E-state index contributed by atoms with van der Waals surface area (Å²) in [5.41, 5.74) is 3.02. The van der Waals surface area contributed by atoms with Crippen LogP contribution in [0.5, 0.6) is 11.5 Å². The van der Waals surface area contributed by atoms with E-state index in [4.69, 9.17) is 14.2 Å². The molecule has 0 aliphatic carbocycles. The van der Waals surface area contributed by atoms with Crippen LogP contribution < -0.4 is 26.5 Å². The van der Waals surface area contributed by atoms with Crippen LogP contribution in [-0.4, -0.2) is 98.2 Å². The maximum absolute atomic E-state index is 12.4. The van der Waals surface area contributed by atoms with Crippen LogP contribution in [0.2, 0.25) is 0 Å². The monoisotopic (exact) mass is 828 g/mol. The number of rotatable bonds is 15. The minimum Gasteiger partial charge on any atom is -1.00 e. The van der Waals surface area contributed by atoms with Crippen LogP contribution in [0.25, 0.3) is 0 Å². The number of carbonyl (C=O) groups is 1. The molecule has 7 nitrogen and oxygen atoms in total. The minimum absolute atomic E-state index is 0. The molecule has 0 unspecified atom stereocenters. The van der Waals surface area contributed by atoms with Crippen LogP contribution in [0.15, 0.2) is 109 Å². The predicted molar refractivity (Wildman–Crippen MR) is 225 cm³/mol. The molecule has 4 aromatic carbocycles. The Bertz CT molecular complexity index is 1550. The van der Waals surface area contributed by atoms with E-state index in [1.54, 1.807) is 6.92 Å². The number of Topliss-reactive ketones (excluding diaryl/α,β-unsaturated/α-hetero) is 1. The second kappa shape index (κ2) is 29.5. The zero-order valence-corrected chi connectivity index (χ0v) is 37.7. The summed E-state index contributed by atoms with van der Waals surface area (Å²) >= 11 is 0. The smallest absolute Gasteiger partial charge is 1.00 e. The van der Waals surface area contributed by atoms with E-state index in [2.05, 4.69) is 18.7 Å². The average molecular weight is 830 g/mol. The average Bonchev–Trinajstić information content (AvgIpc) is 3.78. The van der Waals surface area contributed by atoms with Crippen LogP contribution in [0.1, 0.15) is 74.0 Å². The van der Waals surface area contributed by atoms with Gasteiger partial charge in [0.25, 0.3) is 0 Å². The number of aliphatic hydroxyl groups is 1. The molecule has 0 bridgehead atoms. The minimum atomic E-state index is -0.851. The van der Waals surface area contributed by atoms with E-state index in [0.717, 1.165) is 54.5 Å². The van der Waals surface area contributed by atoms with Crippen molar-refractivity contribution < 1.29 is 41.1 Å². The van der Waals surface area contributed by atoms with Crippen molar-refractivity contribution in [2.75, 3.05) is 54.5 Å². The first-order valence-corrected chi connectivity index (χ1v) is 18.9. The van der Waals surface area contributed by atoms with Crippen LogP contribution in [-0.2, 0) is 23.6 Å². The van der Waals surface area contributed by atoms with Gasteiger partial charge in [0.15, 0.2) is 5.78 Å². The molecule has 0 aromatic heterocycles. The molecule has 1 saturated heterocycles. The second-order valence-corrected chi connectivity index (χ2v) is 13.9. The fraction of sp³-hybridized carbons (Fsp3) is 0.435. The van der Waals surface area contributed by atoms with Gasteiger partial charge in [-0.15, -0.1) is 0 Å². The Kier molecular flexibility index (Phi) is 28.0. The maximum Gasteiger partial charge on any atom is 2.00 e. The third-order valence-corrected chi connectivity index (χ3v) is 8.86. The summed E-state index contributed by atoms with van der Waals surface area (Å²) in [6.07, 6.45) is 3.23. The second-order valence-electron chi connectivity index (χ2n) is 13.9. The van der Waals surface area contributed by atoms with E-state index >= 15 is 0 Å². The maximum atomic E-state index is 12.4. The molecule has 0 spiro atoms. The number of halogens is 1. The molecular formula is C46H65BrMgN2O5. The standard InChI is InChI=1S/C21H29NO2.C19H23NO2.C4H8O.C2H5.BrH.Mg/c1-5-21(23,17(2)15-22(3)4)19-12-9-13-20(14-19)24-16-18-10-7-6-8-11-18;1-15(13-20(2)3)19(21)17-10-7-11-18(12-17)22-14-16-8-5-4-6-9-16;1-2-4-5-3-1;1-2;;/h6-14,17,23H,5,15-16H2,1-4H3;4-12,15H,13-14H2,1-3H3;1-4H2;1H2,2H3;1H;/q;;;-1;;+2/p-1/t17-,21+;15-;;;;/m00..../s1. The number of ketones is 1. The summed E-state index contributed by atoms with van der Waals surface area (Å²) < 4.78 is 16.6. The van der Waals surface area contributed by atoms with Gasteiger partial charge >= 0.3 is 23.1 Å². The van der Waals surface area contributed by atoms with Crippen molar-refractivity contribution in [2.24, 2.45) is 11.8 Å². The normalized spacial score (nSPS) is 13.7. The quantitative estimate of drug-likeness (QED) is 0.0901. The third kappa shape index (κ3) is 19.8. The van der Waals surface area contributed by atoms with Crippen molar-refractivity contribution in [1.29, 1.82) is 0 Å². The zero-order valence-electron chi connectivity index (χ0n) is 34.7. The molecule has 0 radical (unpaired) electrons. The van der Waals surface area contributed by atoms with Crippen LogP contribution in [0.3, 0.4) is 0 Å². The summed E-state index contributed by atoms with van der Waals surface area (Å²) in [6.45, 7) is 15.7. The molecule has 298 valence electrons. The third-order valence-electron chi connectivity index (χ3n) is 8.86. The van der Waals surface area contributed by atoms with Gasteiger partial charge in [0.05, 0.1) is 5.60 Å². The summed E-state index contributed by atoms with van der Waals surface area (Å²) in [5.74, 6) is 1.77. The van der Waals surface area contributed by atoms with Crippen molar-refractivity contribution in [3.8, 4) is 11.5 Å². The van der Waals surface area contributed by atoms with Gasteiger partial charge in [0, 0.05) is 43.7 Å². The summed E-state index contributed by atoms with van der Waals surface area (Å²) in [7, 11) is 8.02. The molecule has 3 atom stereocenters. The number of hydrogen-bond acceptors (Lipinski definition) is 7. The van der Waals surface area contributed by atoms with E-state index in [0.29, 0.717) is 25.2 Å². The van der Waals surface area contributed by atoms with Gasteiger partial charge in [0.1, 0.15) is 24.7 Å². The van der Waals surface area contributed by atoms with Crippen molar-refractivity contribution >= 4 is 28.8 Å². The Balaban J connectivity index is 0.000000876. The Hall–Kier alpha value is -2.76. The van der Waals surface area contributed by atoms with E-state index < -0.39 is 5.60 Å². The Morgan fingerprint density at radius 2 is 1.22 bits per heavy atom. The molecule has 1 aliphatic heterocycles. The van der Waals surface area contributed by atoms with Gasteiger partial charge in [-0.2, -0.15) is 6.92 Å². The van der Waals surface area contributed by atoms with Gasteiger partial charge in [-0.25, -0.2) is 0 Å². The van der Waals surface area contributed by atoms with Crippen molar-refractivity contribution in [1.82, 2.24) is 9.80 Å². The zero-order chi connectivity index (χ0) is 39.1. The molecule has 55 heavy (non-hydrogen) atoms. The van der Waals surface area contributed by atoms with Crippen LogP contribution in [0, 0.1) is 18.8 Å². The number of nitrogens with zero attached hydrogens (tertiary/aromatic N) is 2. The predicted octanol–water partition coefficient (Wildman–Crippen LogP) is 5.97. The first kappa shape index (κ1) is 52.2. The number of benzene rings is 4. The first-order valence-electron chi connectivity index (χ1n) is 18.9. The number of carbonyl (C=O) groups excluding carboxylic acids is 1.